The highest BCUT2D eigenvalue weighted by atomic mass is 16.5. The lowest BCUT2D eigenvalue weighted by Gasteiger charge is -2.34. The molecule has 18 heavy (non-hydrogen) atoms. The van der Waals surface area contributed by atoms with Gasteiger partial charge in [0.2, 0.25) is 0 Å². The number of ether oxygens (including phenoxy) is 1. The zero-order valence-electron chi connectivity index (χ0n) is 12.0. The quantitative estimate of drug-likeness (QED) is 0.735. The lowest BCUT2D eigenvalue weighted by molar-refractivity contribution is -0.147. The van der Waals surface area contributed by atoms with E-state index < -0.39 is 11.5 Å². The van der Waals surface area contributed by atoms with Gasteiger partial charge in [-0.15, -0.1) is 0 Å². The number of carboxylic acids is 1. The summed E-state index contributed by atoms with van der Waals surface area (Å²) in [7, 11) is 0. The van der Waals surface area contributed by atoms with Crippen molar-refractivity contribution in [3.8, 4) is 0 Å². The maximum atomic E-state index is 11.7. The monoisotopic (exact) mass is 257 g/mol. The molecule has 0 heterocycles. The van der Waals surface area contributed by atoms with Crippen molar-refractivity contribution in [1.29, 1.82) is 0 Å². The minimum absolute atomic E-state index is 0.177. The van der Waals surface area contributed by atoms with Gasteiger partial charge in [-0.1, -0.05) is 6.42 Å². The number of hydrogen-bond acceptors (Lipinski definition) is 3. The molecule has 4 heteroatoms. The molecule has 0 aromatic heterocycles. The average molecular weight is 257 g/mol. The van der Waals surface area contributed by atoms with E-state index in [1.165, 1.54) is 0 Å². The molecule has 2 N–H and O–H groups in total. The molecule has 4 nitrogen and oxygen atoms in total. The number of hydrogen-bond donors (Lipinski definition) is 2. The van der Waals surface area contributed by atoms with Gasteiger partial charge in [-0.25, -0.2) is 0 Å². The minimum Gasteiger partial charge on any atom is -0.480 e. The predicted molar refractivity (Wildman–Crippen MR) is 71.7 cm³/mol. The van der Waals surface area contributed by atoms with E-state index >= 15 is 0 Å². The van der Waals surface area contributed by atoms with E-state index in [9.17, 15) is 9.90 Å². The first kappa shape index (κ1) is 15.4. The zero-order chi connectivity index (χ0) is 13.8. The van der Waals surface area contributed by atoms with E-state index in [0.717, 1.165) is 25.7 Å². The molecule has 1 rings (SSSR count). The van der Waals surface area contributed by atoms with Crippen LogP contribution in [-0.2, 0) is 9.53 Å². The molecule has 0 aromatic rings. The van der Waals surface area contributed by atoms with E-state index in [1.807, 2.05) is 27.7 Å². The fraction of sp³-hybridized carbons (Fsp3) is 0.929. The summed E-state index contributed by atoms with van der Waals surface area (Å²) in [6.07, 6.45) is 3.73. The Bertz CT molecular complexity index is 278. The van der Waals surface area contributed by atoms with Gasteiger partial charge in [0.25, 0.3) is 0 Å². The average Bonchev–Trinajstić information content (AvgIpc) is 2.61. The molecular weight excluding hydrogens is 230 g/mol. The van der Waals surface area contributed by atoms with Crippen LogP contribution in [0.5, 0.6) is 0 Å². The summed E-state index contributed by atoms with van der Waals surface area (Å²) in [6.45, 7) is 8.67. The first-order valence-electron chi connectivity index (χ1n) is 7.01. The third kappa shape index (κ3) is 3.69. The first-order chi connectivity index (χ1) is 8.38. The molecule has 2 atom stereocenters. The van der Waals surface area contributed by atoms with Crippen molar-refractivity contribution in [1.82, 2.24) is 5.32 Å². The number of carboxylic acid groups (broad SMARTS) is 1. The molecule has 1 saturated carbocycles. The Hall–Kier alpha value is -0.610. The second-order valence-corrected chi connectivity index (χ2v) is 5.87. The minimum atomic E-state index is -0.742. The van der Waals surface area contributed by atoms with Crippen LogP contribution in [0.4, 0.5) is 0 Å². The third-order valence-corrected chi connectivity index (χ3v) is 3.67. The number of nitrogens with one attached hydrogen (secondary N) is 1. The van der Waals surface area contributed by atoms with E-state index in [4.69, 9.17) is 4.74 Å². The van der Waals surface area contributed by atoms with Gasteiger partial charge < -0.3 is 9.84 Å². The van der Waals surface area contributed by atoms with Crippen molar-refractivity contribution in [2.45, 2.75) is 71.1 Å². The highest BCUT2D eigenvalue weighted by Gasteiger charge is 2.48. The van der Waals surface area contributed by atoms with Crippen LogP contribution in [0.15, 0.2) is 0 Å². The van der Waals surface area contributed by atoms with Crippen molar-refractivity contribution in [2.24, 2.45) is 5.92 Å². The molecule has 0 saturated heterocycles. The molecule has 1 fully saturated rings. The van der Waals surface area contributed by atoms with Crippen LogP contribution >= 0.6 is 0 Å². The SMILES string of the molecule is CC(C)NC1(C(=O)O)CCCC1CCOC(C)C. The fourth-order valence-corrected chi connectivity index (χ4v) is 2.96. The highest BCUT2D eigenvalue weighted by molar-refractivity contribution is 5.79. The van der Waals surface area contributed by atoms with Crippen molar-refractivity contribution >= 4 is 5.97 Å². The second kappa shape index (κ2) is 6.53. The summed E-state index contributed by atoms with van der Waals surface area (Å²) >= 11 is 0. The predicted octanol–water partition coefficient (Wildman–Crippen LogP) is 2.42. The standard InChI is InChI=1S/C14H27NO3/c1-10(2)15-14(13(16)17)8-5-6-12(14)7-9-18-11(3)4/h10-12,15H,5-9H2,1-4H3,(H,16,17). The molecular formula is C14H27NO3. The molecule has 1 aliphatic rings. The molecule has 0 radical (unpaired) electrons. The summed E-state index contributed by atoms with van der Waals surface area (Å²) in [5, 5.41) is 12.9. The van der Waals surface area contributed by atoms with Crippen LogP contribution in [0.1, 0.15) is 53.4 Å². The Morgan fingerprint density at radius 3 is 2.61 bits per heavy atom. The van der Waals surface area contributed by atoms with Crippen molar-refractivity contribution in [3.05, 3.63) is 0 Å². The topological polar surface area (TPSA) is 58.6 Å². The molecule has 2 unspecified atom stereocenters. The van der Waals surface area contributed by atoms with Gasteiger partial charge in [-0.2, -0.15) is 0 Å². The van der Waals surface area contributed by atoms with Crippen molar-refractivity contribution in [2.75, 3.05) is 6.61 Å². The van der Waals surface area contributed by atoms with Gasteiger partial charge in [0.15, 0.2) is 0 Å². The summed E-state index contributed by atoms with van der Waals surface area (Å²) < 4.78 is 5.56. The smallest absolute Gasteiger partial charge is 0.324 e. The maximum Gasteiger partial charge on any atom is 0.324 e. The molecule has 0 aliphatic heterocycles. The maximum absolute atomic E-state index is 11.7. The van der Waals surface area contributed by atoms with Gasteiger partial charge in [0.1, 0.15) is 5.54 Å². The highest BCUT2D eigenvalue weighted by Crippen LogP contribution is 2.38. The van der Waals surface area contributed by atoms with Crippen LogP contribution in [0.3, 0.4) is 0 Å². The Labute approximate surface area is 110 Å². The lowest BCUT2D eigenvalue weighted by atomic mass is 9.84. The zero-order valence-corrected chi connectivity index (χ0v) is 12.0. The van der Waals surface area contributed by atoms with Crippen LogP contribution < -0.4 is 5.32 Å². The van der Waals surface area contributed by atoms with Gasteiger partial charge in [-0.05, 0) is 52.9 Å². The third-order valence-electron chi connectivity index (χ3n) is 3.67. The number of aliphatic carboxylic acids is 1. The largest absolute Gasteiger partial charge is 0.480 e. The second-order valence-electron chi connectivity index (χ2n) is 5.87. The summed E-state index contributed by atoms with van der Waals surface area (Å²) in [6, 6.07) is 0.188. The van der Waals surface area contributed by atoms with Crippen molar-refractivity contribution < 1.29 is 14.6 Å². The number of carbonyl (C=O) groups is 1. The van der Waals surface area contributed by atoms with Crippen LogP contribution in [0.25, 0.3) is 0 Å². The normalized spacial score (nSPS) is 28.2. The van der Waals surface area contributed by atoms with E-state index in [2.05, 4.69) is 5.32 Å². The molecule has 0 spiro atoms. The lowest BCUT2D eigenvalue weighted by Crippen LogP contribution is -2.57. The molecule has 1 aliphatic carbocycles. The Balaban J connectivity index is 2.66. The summed E-state index contributed by atoms with van der Waals surface area (Å²) in [4.78, 5) is 11.7. The van der Waals surface area contributed by atoms with Crippen molar-refractivity contribution in [3.63, 3.8) is 0 Å². The van der Waals surface area contributed by atoms with E-state index in [-0.39, 0.29) is 18.1 Å². The van der Waals surface area contributed by atoms with Gasteiger partial charge in [0.05, 0.1) is 6.10 Å². The Kier molecular flexibility index (Phi) is 5.60. The van der Waals surface area contributed by atoms with Crippen LogP contribution in [0.2, 0.25) is 0 Å². The molecule has 106 valence electrons. The summed E-state index contributed by atoms with van der Waals surface area (Å²) in [5.41, 5.74) is -0.742. The number of rotatable bonds is 7. The molecule has 0 amide bonds. The molecule has 0 aromatic carbocycles. The fourth-order valence-electron chi connectivity index (χ4n) is 2.96. The summed E-state index contributed by atoms with van der Waals surface area (Å²) in [5.74, 6) is -0.528. The van der Waals surface area contributed by atoms with Gasteiger partial charge in [0, 0.05) is 12.6 Å². The van der Waals surface area contributed by atoms with E-state index in [0.29, 0.717) is 6.61 Å². The van der Waals surface area contributed by atoms with Gasteiger partial charge in [-0.3, -0.25) is 10.1 Å². The first-order valence-corrected chi connectivity index (χ1v) is 7.01. The van der Waals surface area contributed by atoms with E-state index in [1.54, 1.807) is 0 Å². The Morgan fingerprint density at radius 1 is 1.44 bits per heavy atom. The van der Waals surface area contributed by atoms with Gasteiger partial charge >= 0.3 is 5.97 Å². The molecule has 0 bridgehead atoms. The van der Waals surface area contributed by atoms with Crippen LogP contribution in [0, 0.1) is 5.92 Å². The Morgan fingerprint density at radius 2 is 2.11 bits per heavy atom. The van der Waals surface area contributed by atoms with Crippen LogP contribution in [-0.4, -0.2) is 35.4 Å².